The van der Waals surface area contributed by atoms with Gasteiger partial charge < -0.3 is 10.4 Å². The highest BCUT2D eigenvalue weighted by Gasteiger charge is 2.08. The Labute approximate surface area is 121 Å². The number of pyridine rings is 2. The van der Waals surface area contributed by atoms with Gasteiger partial charge in [-0.1, -0.05) is 6.07 Å². The highest BCUT2D eigenvalue weighted by atomic mass is 16.4. The van der Waals surface area contributed by atoms with Crippen molar-refractivity contribution in [1.82, 2.24) is 9.97 Å². The summed E-state index contributed by atoms with van der Waals surface area (Å²) in [4.78, 5) is 30.4. The Hall–Kier alpha value is -3.02. The highest BCUT2D eigenvalue weighted by Crippen LogP contribution is 2.08. The Morgan fingerprint density at radius 3 is 2.67 bits per heavy atom. The third-order valence-corrected chi connectivity index (χ3v) is 2.59. The molecule has 2 aromatic rings. The van der Waals surface area contributed by atoms with E-state index in [0.29, 0.717) is 11.4 Å². The SMILES string of the molecule is Cc1ccnc(NC(=O)c2ccc(C=CC(=O)O)cn2)c1. The molecule has 106 valence electrons. The Morgan fingerprint density at radius 2 is 2.05 bits per heavy atom. The van der Waals surface area contributed by atoms with E-state index < -0.39 is 5.97 Å². The number of rotatable bonds is 4. The Kier molecular flexibility index (Phi) is 4.40. The predicted octanol–water partition coefficient (Wildman–Crippen LogP) is 2.14. The van der Waals surface area contributed by atoms with E-state index >= 15 is 0 Å². The fourth-order valence-corrected chi connectivity index (χ4v) is 1.59. The molecule has 21 heavy (non-hydrogen) atoms. The molecule has 6 heteroatoms. The Balaban J connectivity index is 2.08. The smallest absolute Gasteiger partial charge is 0.328 e. The molecule has 0 radical (unpaired) electrons. The molecule has 2 heterocycles. The maximum atomic E-state index is 12.0. The van der Waals surface area contributed by atoms with Crippen molar-refractivity contribution in [2.75, 3.05) is 5.32 Å². The zero-order chi connectivity index (χ0) is 15.2. The van der Waals surface area contributed by atoms with Crippen LogP contribution in [0.15, 0.2) is 42.7 Å². The number of carboxylic acids is 1. The molecule has 0 aliphatic heterocycles. The first-order valence-corrected chi connectivity index (χ1v) is 6.15. The van der Waals surface area contributed by atoms with Gasteiger partial charge in [-0.25, -0.2) is 9.78 Å². The number of carboxylic acid groups (broad SMARTS) is 1. The van der Waals surface area contributed by atoms with Gasteiger partial charge >= 0.3 is 5.97 Å². The van der Waals surface area contributed by atoms with Crippen molar-refractivity contribution in [2.45, 2.75) is 6.92 Å². The van der Waals surface area contributed by atoms with E-state index in [1.54, 1.807) is 18.3 Å². The van der Waals surface area contributed by atoms with E-state index in [-0.39, 0.29) is 11.6 Å². The van der Waals surface area contributed by atoms with Crippen LogP contribution >= 0.6 is 0 Å². The standard InChI is InChI=1S/C15H13N3O3/c1-10-6-7-16-13(8-10)18-15(21)12-4-2-11(9-17-12)3-5-14(19)20/h2-9H,1H3,(H,19,20)(H,16,18,21). The minimum absolute atomic E-state index is 0.228. The zero-order valence-electron chi connectivity index (χ0n) is 11.3. The van der Waals surface area contributed by atoms with Crippen LogP contribution in [-0.2, 0) is 4.79 Å². The Bertz CT molecular complexity index is 694. The minimum Gasteiger partial charge on any atom is -0.478 e. The summed E-state index contributed by atoms with van der Waals surface area (Å²) in [5.41, 5.74) is 1.82. The van der Waals surface area contributed by atoms with Crippen LogP contribution in [-0.4, -0.2) is 27.0 Å². The molecule has 2 aromatic heterocycles. The van der Waals surface area contributed by atoms with Gasteiger partial charge in [0.25, 0.3) is 5.91 Å². The lowest BCUT2D eigenvalue weighted by Gasteiger charge is -2.04. The number of aliphatic carboxylic acids is 1. The largest absolute Gasteiger partial charge is 0.478 e. The van der Waals surface area contributed by atoms with Crippen LogP contribution in [0.4, 0.5) is 5.82 Å². The van der Waals surface area contributed by atoms with Crippen LogP contribution in [0, 0.1) is 6.92 Å². The third-order valence-electron chi connectivity index (χ3n) is 2.59. The summed E-state index contributed by atoms with van der Waals surface area (Å²) in [5.74, 6) is -0.958. The molecular weight excluding hydrogens is 270 g/mol. The molecule has 0 bridgehead atoms. The monoisotopic (exact) mass is 283 g/mol. The van der Waals surface area contributed by atoms with Gasteiger partial charge in [0.2, 0.25) is 0 Å². The van der Waals surface area contributed by atoms with E-state index in [9.17, 15) is 9.59 Å². The first-order valence-electron chi connectivity index (χ1n) is 6.15. The van der Waals surface area contributed by atoms with Crippen LogP contribution < -0.4 is 5.32 Å². The van der Waals surface area contributed by atoms with Crippen molar-refractivity contribution in [1.29, 1.82) is 0 Å². The van der Waals surface area contributed by atoms with E-state index in [4.69, 9.17) is 5.11 Å². The number of aryl methyl sites for hydroxylation is 1. The van der Waals surface area contributed by atoms with E-state index in [0.717, 1.165) is 11.6 Å². The lowest BCUT2D eigenvalue weighted by Crippen LogP contribution is -2.14. The first kappa shape index (κ1) is 14.4. The summed E-state index contributed by atoms with van der Waals surface area (Å²) in [6, 6.07) is 6.72. The van der Waals surface area contributed by atoms with Gasteiger partial charge in [-0.2, -0.15) is 0 Å². The topological polar surface area (TPSA) is 92.2 Å². The molecule has 0 aliphatic carbocycles. The maximum absolute atomic E-state index is 12.0. The molecule has 1 amide bonds. The molecule has 2 N–H and O–H groups in total. The molecular formula is C15H13N3O3. The van der Waals surface area contributed by atoms with Crippen molar-refractivity contribution >= 4 is 23.8 Å². The Morgan fingerprint density at radius 1 is 1.24 bits per heavy atom. The van der Waals surface area contributed by atoms with Gasteiger partial charge in [-0.15, -0.1) is 0 Å². The fraction of sp³-hybridized carbons (Fsp3) is 0.0667. The molecule has 0 spiro atoms. The molecule has 0 aliphatic rings. The van der Waals surface area contributed by atoms with Crippen molar-refractivity contribution < 1.29 is 14.7 Å². The number of hydrogen-bond donors (Lipinski definition) is 2. The molecule has 0 saturated heterocycles. The molecule has 0 aromatic carbocycles. The predicted molar refractivity (Wildman–Crippen MR) is 77.8 cm³/mol. The number of anilines is 1. The summed E-state index contributed by atoms with van der Waals surface area (Å²) >= 11 is 0. The molecule has 0 unspecified atom stereocenters. The lowest BCUT2D eigenvalue weighted by atomic mass is 10.2. The summed E-state index contributed by atoms with van der Waals surface area (Å²) in [7, 11) is 0. The van der Waals surface area contributed by atoms with Crippen LogP contribution in [0.1, 0.15) is 21.6 Å². The number of amides is 1. The van der Waals surface area contributed by atoms with Crippen molar-refractivity contribution in [3.63, 3.8) is 0 Å². The third kappa shape index (κ3) is 4.24. The normalized spacial score (nSPS) is 10.5. The highest BCUT2D eigenvalue weighted by molar-refractivity contribution is 6.02. The summed E-state index contributed by atoms with van der Waals surface area (Å²) in [5, 5.41) is 11.2. The van der Waals surface area contributed by atoms with E-state index in [1.165, 1.54) is 18.3 Å². The van der Waals surface area contributed by atoms with E-state index in [2.05, 4.69) is 15.3 Å². The number of hydrogen-bond acceptors (Lipinski definition) is 4. The molecule has 0 atom stereocenters. The van der Waals surface area contributed by atoms with Crippen LogP contribution in [0.3, 0.4) is 0 Å². The van der Waals surface area contributed by atoms with Gasteiger partial charge in [-0.05, 0) is 42.3 Å². The average Bonchev–Trinajstić information content (AvgIpc) is 2.45. The van der Waals surface area contributed by atoms with Crippen LogP contribution in [0.5, 0.6) is 0 Å². The van der Waals surface area contributed by atoms with Gasteiger partial charge in [0.15, 0.2) is 0 Å². The maximum Gasteiger partial charge on any atom is 0.328 e. The van der Waals surface area contributed by atoms with Crippen molar-refractivity contribution in [3.05, 3.63) is 59.6 Å². The van der Waals surface area contributed by atoms with E-state index in [1.807, 2.05) is 13.0 Å². The van der Waals surface area contributed by atoms with Gasteiger partial charge in [0.05, 0.1) is 0 Å². The molecule has 0 fully saturated rings. The lowest BCUT2D eigenvalue weighted by molar-refractivity contribution is -0.131. The van der Waals surface area contributed by atoms with Crippen molar-refractivity contribution in [2.24, 2.45) is 0 Å². The second-order valence-corrected chi connectivity index (χ2v) is 4.32. The van der Waals surface area contributed by atoms with Crippen LogP contribution in [0.25, 0.3) is 6.08 Å². The zero-order valence-corrected chi connectivity index (χ0v) is 11.3. The fourth-order valence-electron chi connectivity index (χ4n) is 1.59. The van der Waals surface area contributed by atoms with Gasteiger partial charge in [0, 0.05) is 18.5 Å². The van der Waals surface area contributed by atoms with Gasteiger partial charge in [0.1, 0.15) is 11.5 Å². The van der Waals surface area contributed by atoms with Gasteiger partial charge in [-0.3, -0.25) is 9.78 Å². The second-order valence-electron chi connectivity index (χ2n) is 4.32. The summed E-state index contributed by atoms with van der Waals surface area (Å²) in [6.07, 6.45) is 5.45. The van der Waals surface area contributed by atoms with Crippen LogP contribution in [0.2, 0.25) is 0 Å². The average molecular weight is 283 g/mol. The summed E-state index contributed by atoms with van der Waals surface area (Å²) < 4.78 is 0. The number of aromatic nitrogens is 2. The molecule has 2 rings (SSSR count). The quantitative estimate of drug-likeness (QED) is 0.839. The molecule has 0 saturated carbocycles. The number of nitrogens with zero attached hydrogens (tertiary/aromatic N) is 2. The first-order chi connectivity index (χ1) is 10.0. The number of carbonyl (C=O) groups is 2. The number of carbonyl (C=O) groups excluding carboxylic acids is 1. The van der Waals surface area contributed by atoms with Crippen molar-refractivity contribution in [3.8, 4) is 0 Å². The second kappa shape index (κ2) is 6.42. The molecule has 6 nitrogen and oxygen atoms in total. The summed E-state index contributed by atoms with van der Waals surface area (Å²) in [6.45, 7) is 1.90. The number of nitrogens with one attached hydrogen (secondary N) is 1. The minimum atomic E-state index is -1.04.